The number of aryl methyl sites for hydroxylation is 1. The van der Waals surface area contributed by atoms with Crippen LogP contribution in [0.1, 0.15) is 5.56 Å². The fourth-order valence-corrected chi connectivity index (χ4v) is 1.24. The van der Waals surface area contributed by atoms with Gasteiger partial charge in [0.05, 0.1) is 4.47 Å². The smallest absolute Gasteiger partial charge is 0.272 e. The third-order valence-electron chi connectivity index (χ3n) is 1.45. The predicted octanol–water partition coefficient (Wildman–Crippen LogP) is 3.40. The summed E-state index contributed by atoms with van der Waals surface area (Å²) >= 11 is 3.21. The summed E-state index contributed by atoms with van der Waals surface area (Å²) in [5.74, 6) is 0.459. The number of rotatable bonds is 3. The van der Waals surface area contributed by atoms with E-state index in [4.69, 9.17) is 4.74 Å². The highest BCUT2D eigenvalue weighted by molar-refractivity contribution is 9.10. The molecular weight excluding hydrogens is 242 g/mol. The Balaban J connectivity index is 2.70. The minimum absolute atomic E-state index is 0.459. The molecule has 0 amide bonds. The highest BCUT2D eigenvalue weighted by Crippen LogP contribution is 2.25. The lowest BCUT2D eigenvalue weighted by Crippen LogP contribution is -2.07. The summed E-state index contributed by atoms with van der Waals surface area (Å²) in [7, 11) is 0. The molecule has 0 aromatic heterocycles. The van der Waals surface area contributed by atoms with Gasteiger partial charge in [0, 0.05) is 0 Å². The van der Waals surface area contributed by atoms with Crippen molar-refractivity contribution in [3.8, 4) is 5.75 Å². The van der Waals surface area contributed by atoms with E-state index in [9.17, 15) is 8.78 Å². The molecule has 0 spiro atoms. The summed E-state index contributed by atoms with van der Waals surface area (Å²) in [6, 6.07) is 5.36. The van der Waals surface area contributed by atoms with E-state index in [2.05, 4.69) is 15.9 Å². The molecule has 1 aromatic rings. The minimum atomic E-state index is -2.44. The van der Waals surface area contributed by atoms with Crippen LogP contribution in [0.2, 0.25) is 0 Å². The van der Waals surface area contributed by atoms with Gasteiger partial charge in [0.15, 0.2) is 0 Å². The molecule has 13 heavy (non-hydrogen) atoms. The van der Waals surface area contributed by atoms with Crippen LogP contribution in [-0.2, 0) is 0 Å². The summed E-state index contributed by atoms with van der Waals surface area (Å²) in [6.07, 6.45) is -2.44. The van der Waals surface area contributed by atoms with Crippen LogP contribution >= 0.6 is 15.9 Å². The molecule has 1 aromatic carbocycles. The van der Waals surface area contributed by atoms with Crippen molar-refractivity contribution < 1.29 is 13.5 Å². The molecule has 0 radical (unpaired) electrons. The average molecular weight is 251 g/mol. The van der Waals surface area contributed by atoms with Crippen molar-refractivity contribution in [1.82, 2.24) is 0 Å². The minimum Gasteiger partial charge on any atom is -0.486 e. The van der Waals surface area contributed by atoms with Crippen molar-refractivity contribution in [3.05, 3.63) is 28.2 Å². The van der Waals surface area contributed by atoms with Gasteiger partial charge in [-0.25, -0.2) is 8.78 Å². The number of hydrogen-bond acceptors (Lipinski definition) is 1. The van der Waals surface area contributed by atoms with Crippen LogP contribution < -0.4 is 4.74 Å². The van der Waals surface area contributed by atoms with Gasteiger partial charge in [-0.2, -0.15) is 0 Å². The Morgan fingerprint density at radius 1 is 1.46 bits per heavy atom. The third-order valence-corrected chi connectivity index (χ3v) is 2.11. The van der Waals surface area contributed by atoms with E-state index in [1.165, 1.54) is 0 Å². The van der Waals surface area contributed by atoms with Gasteiger partial charge in [-0.05, 0) is 40.5 Å². The Morgan fingerprint density at radius 2 is 2.15 bits per heavy atom. The lowest BCUT2D eigenvalue weighted by molar-refractivity contribution is 0.0815. The van der Waals surface area contributed by atoms with Gasteiger partial charge in [-0.1, -0.05) is 6.07 Å². The van der Waals surface area contributed by atoms with E-state index in [1.54, 1.807) is 12.1 Å². The molecule has 0 aliphatic heterocycles. The molecule has 0 N–H and O–H groups in total. The highest BCUT2D eigenvalue weighted by Gasteiger charge is 2.06. The van der Waals surface area contributed by atoms with Crippen molar-refractivity contribution in [3.63, 3.8) is 0 Å². The zero-order valence-corrected chi connectivity index (χ0v) is 8.64. The van der Waals surface area contributed by atoms with E-state index in [0.29, 0.717) is 10.2 Å². The van der Waals surface area contributed by atoms with E-state index >= 15 is 0 Å². The average Bonchev–Trinajstić information content (AvgIpc) is 2.06. The zero-order chi connectivity index (χ0) is 9.84. The van der Waals surface area contributed by atoms with Crippen LogP contribution in [0, 0.1) is 6.92 Å². The summed E-state index contributed by atoms with van der Waals surface area (Å²) in [6.45, 7) is 1.31. The van der Waals surface area contributed by atoms with Gasteiger partial charge in [0.25, 0.3) is 6.43 Å². The molecule has 1 nitrogen and oxygen atoms in total. The summed E-state index contributed by atoms with van der Waals surface area (Å²) in [4.78, 5) is 0. The standard InChI is InChI=1S/C9H9BrF2O/c1-6-2-3-7(10)8(4-6)13-5-9(11)12/h2-4,9H,5H2,1H3. The van der Waals surface area contributed by atoms with Gasteiger partial charge in [-0.15, -0.1) is 0 Å². The molecule has 0 saturated carbocycles. The normalized spacial score (nSPS) is 10.5. The first kappa shape index (κ1) is 10.4. The number of benzene rings is 1. The molecule has 0 atom stereocenters. The second kappa shape index (κ2) is 4.56. The van der Waals surface area contributed by atoms with Crippen molar-refractivity contribution in [2.75, 3.05) is 6.61 Å². The third kappa shape index (κ3) is 3.30. The first-order valence-corrected chi connectivity index (χ1v) is 4.56. The Hall–Kier alpha value is -0.640. The van der Waals surface area contributed by atoms with Gasteiger partial charge in [-0.3, -0.25) is 0 Å². The van der Waals surface area contributed by atoms with Crippen molar-refractivity contribution in [2.45, 2.75) is 13.3 Å². The molecule has 0 heterocycles. The van der Waals surface area contributed by atoms with Crippen LogP contribution in [0.5, 0.6) is 5.75 Å². The first-order chi connectivity index (χ1) is 6.09. The Morgan fingerprint density at radius 3 is 2.77 bits per heavy atom. The zero-order valence-electron chi connectivity index (χ0n) is 7.06. The fraction of sp³-hybridized carbons (Fsp3) is 0.333. The number of hydrogen-bond donors (Lipinski definition) is 0. The maximum atomic E-state index is 11.8. The predicted molar refractivity (Wildman–Crippen MR) is 50.4 cm³/mol. The van der Waals surface area contributed by atoms with Gasteiger partial charge < -0.3 is 4.74 Å². The quantitative estimate of drug-likeness (QED) is 0.799. The van der Waals surface area contributed by atoms with Crippen LogP contribution in [0.15, 0.2) is 22.7 Å². The Kier molecular flexibility index (Phi) is 3.66. The lowest BCUT2D eigenvalue weighted by Gasteiger charge is -2.07. The topological polar surface area (TPSA) is 9.23 Å². The molecule has 4 heteroatoms. The summed E-state index contributed by atoms with van der Waals surface area (Å²) in [5, 5.41) is 0. The van der Waals surface area contributed by atoms with Crippen molar-refractivity contribution in [2.24, 2.45) is 0 Å². The second-order valence-corrected chi connectivity index (χ2v) is 3.49. The van der Waals surface area contributed by atoms with Crippen LogP contribution in [-0.4, -0.2) is 13.0 Å². The molecule has 0 fully saturated rings. The van der Waals surface area contributed by atoms with Gasteiger partial charge >= 0.3 is 0 Å². The highest BCUT2D eigenvalue weighted by atomic mass is 79.9. The molecule has 72 valence electrons. The second-order valence-electron chi connectivity index (χ2n) is 2.64. The SMILES string of the molecule is Cc1ccc(Br)c(OCC(F)F)c1. The maximum Gasteiger partial charge on any atom is 0.272 e. The molecule has 0 bridgehead atoms. The summed E-state index contributed by atoms with van der Waals surface area (Å²) < 4.78 is 29.2. The van der Waals surface area contributed by atoms with Crippen LogP contribution in [0.3, 0.4) is 0 Å². The summed E-state index contributed by atoms with van der Waals surface area (Å²) in [5.41, 5.74) is 0.979. The maximum absolute atomic E-state index is 11.8. The van der Waals surface area contributed by atoms with E-state index < -0.39 is 13.0 Å². The van der Waals surface area contributed by atoms with Crippen molar-refractivity contribution in [1.29, 1.82) is 0 Å². The first-order valence-electron chi connectivity index (χ1n) is 3.76. The number of halogens is 3. The van der Waals surface area contributed by atoms with Crippen LogP contribution in [0.25, 0.3) is 0 Å². The van der Waals surface area contributed by atoms with Crippen LogP contribution in [0.4, 0.5) is 8.78 Å². The fourth-order valence-electron chi connectivity index (χ4n) is 0.874. The molecule has 0 unspecified atom stereocenters. The monoisotopic (exact) mass is 250 g/mol. The molecule has 0 saturated heterocycles. The van der Waals surface area contributed by atoms with E-state index in [0.717, 1.165) is 5.56 Å². The number of ether oxygens (including phenoxy) is 1. The number of alkyl halides is 2. The molecular formula is C9H9BrF2O. The Bertz CT molecular complexity index is 289. The van der Waals surface area contributed by atoms with E-state index in [-0.39, 0.29) is 0 Å². The van der Waals surface area contributed by atoms with Crippen molar-refractivity contribution >= 4 is 15.9 Å². The van der Waals surface area contributed by atoms with Gasteiger partial charge in [0.1, 0.15) is 12.4 Å². The molecule has 0 aliphatic rings. The molecule has 0 aliphatic carbocycles. The lowest BCUT2D eigenvalue weighted by atomic mass is 10.2. The van der Waals surface area contributed by atoms with E-state index in [1.807, 2.05) is 13.0 Å². The molecule has 1 rings (SSSR count). The van der Waals surface area contributed by atoms with Gasteiger partial charge in [0.2, 0.25) is 0 Å². The largest absolute Gasteiger partial charge is 0.486 e. The Labute approximate surface area is 83.8 Å².